The zero-order valence-electron chi connectivity index (χ0n) is 18.0. The molecule has 0 saturated carbocycles. The van der Waals surface area contributed by atoms with Gasteiger partial charge in [0.2, 0.25) is 5.91 Å². The standard InChI is InChI=1S/C23H26ClN5O2/c1-5-13-9-15(31-4)11-17(21(13)24)14-7-8-16-18(10-14)27-28-22(16)23-19(12-25-29(23)3)26-20(30)6-2/h6,9,11-12,14H,2,5,7-8,10H2,1,3-4H3,(H,26,30)(H,27,28). The molecule has 2 heterocycles. The van der Waals surface area contributed by atoms with Gasteiger partial charge >= 0.3 is 0 Å². The molecule has 162 valence electrons. The number of nitrogens with zero attached hydrogens (tertiary/aromatic N) is 3. The van der Waals surface area contributed by atoms with Crippen molar-refractivity contribution in [1.82, 2.24) is 20.0 Å². The van der Waals surface area contributed by atoms with Crippen LogP contribution in [0.4, 0.5) is 5.69 Å². The summed E-state index contributed by atoms with van der Waals surface area (Å²) >= 11 is 6.75. The summed E-state index contributed by atoms with van der Waals surface area (Å²) in [6.07, 6.45) is 6.33. The minimum Gasteiger partial charge on any atom is -0.497 e. The van der Waals surface area contributed by atoms with Crippen molar-refractivity contribution in [3.05, 3.63) is 58.4 Å². The van der Waals surface area contributed by atoms with Crippen molar-refractivity contribution in [2.45, 2.75) is 38.5 Å². The number of benzene rings is 1. The second kappa shape index (κ2) is 8.59. The maximum Gasteiger partial charge on any atom is 0.247 e. The molecule has 3 aromatic rings. The van der Waals surface area contributed by atoms with Crippen LogP contribution in [-0.4, -0.2) is 33.0 Å². The third kappa shape index (κ3) is 3.85. The molecule has 1 atom stereocenters. The first-order valence-corrected chi connectivity index (χ1v) is 10.7. The zero-order valence-corrected chi connectivity index (χ0v) is 18.7. The van der Waals surface area contributed by atoms with Gasteiger partial charge in [0.1, 0.15) is 17.1 Å². The number of fused-ring (bicyclic) bond motifs is 1. The third-order valence-corrected chi connectivity index (χ3v) is 6.42. The average Bonchev–Trinajstić information content (AvgIpc) is 3.35. The van der Waals surface area contributed by atoms with Gasteiger partial charge < -0.3 is 10.1 Å². The van der Waals surface area contributed by atoms with Crippen LogP contribution < -0.4 is 10.1 Å². The van der Waals surface area contributed by atoms with Crippen molar-refractivity contribution in [3.8, 4) is 17.1 Å². The average molecular weight is 440 g/mol. The van der Waals surface area contributed by atoms with Crippen LogP contribution in [-0.2, 0) is 31.1 Å². The van der Waals surface area contributed by atoms with Crippen LogP contribution in [0.1, 0.15) is 41.6 Å². The molecule has 1 aliphatic rings. The molecule has 31 heavy (non-hydrogen) atoms. The van der Waals surface area contributed by atoms with E-state index in [1.165, 1.54) is 6.08 Å². The third-order valence-electron chi connectivity index (χ3n) is 5.96. The monoisotopic (exact) mass is 439 g/mol. The van der Waals surface area contributed by atoms with Crippen LogP contribution in [0.25, 0.3) is 11.4 Å². The van der Waals surface area contributed by atoms with Crippen molar-refractivity contribution in [1.29, 1.82) is 0 Å². The summed E-state index contributed by atoms with van der Waals surface area (Å²) in [7, 11) is 3.52. The first kappa shape index (κ1) is 21.2. The maximum absolute atomic E-state index is 11.8. The molecule has 2 aromatic heterocycles. The summed E-state index contributed by atoms with van der Waals surface area (Å²) < 4.78 is 7.23. The Balaban J connectivity index is 1.67. The van der Waals surface area contributed by atoms with E-state index >= 15 is 0 Å². The number of ether oxygens (including phenoxy) is 1. The fourth-order valence-corrected chi connectivity index (χ4v) is 4.71. The first-order valence-electron chi connectivity index (χ1n) is 10.3. The summed E-state index contributed by atoms with van der Waals surface area (Å²) in [5.74, 6) is 0.836. The van der Waals surface area contributed by atoms with Gasteiger partial charge in [-0.15, -0.1) is 0 Å². The highest BCUT2D eigenvalue weighted by molar-refractivity contribution is 6.32. The van der Waals surface area contributed by atoms with Gasteiger partial charge in [-0.3, -0.25) is 14.6 Å². The lowest BCUT2D eigenvalue weighted by Gasteiger charge is -2.25. The molecule has 4 rings (SSSR count). The topological polar surface area (TPSA) is 84.8 Å². The number of rotatable bonds is 6. The second-order valence-electron chi connectivity index (χ2n) is 7.74. The summed E-state index contributed by atoms with van der Waals surface area (Å²) in [5, 5.41) is 15.8. The van der Waals surface area contributed by atoms with Crippen LogP contribution in [0, 0.1) is 0 Å². The van der Waals surface area contributed by atoms with Gasteiger partial charge in [-0.1, -0.05) is 25.1 Å². The second-order valence-corrected chi connectivity index (χ2v) is 8.11. The van der Waals surface area contributed by atoms with Gasteiger partial charge in [0.25, 0.3) is 0 Å². The van der Waals surface area contributed by atoms with Crippen molar-refractivity contribution in [2.75, 3.05) is 12.4 Å². The van der Waals surface area contributed by atoms with E-state index in [0.29, 0.717) is 5.69 Å². The summed E-state index contributed by atoms with van der Waals surface area (Å²) in [6, 6.07) is 4.06. The molecule has 1 amide bonds. The van der Waals surface area contributed by atoms with Gasteiger partial charge in [0.15, 0.2) is 0 Å². The Morgan fingerprint density at radius 2 is 2.29 bits per heavy atom. The van der Waals surface area contributed by atoms with Crippen molar-refractivity contribution in [3.63, 3.8) is 0 Å². The molecule has 1 aromatic carbocycles. The Morgan fingerprint density at radius 1 is 1.48 bits per heavy atom. The molecule has 8 heteroatoms. The Morgan fingerprint density at radius 3 is 3.00 bits per heavy atom. The molecule has 0 aliphatic heterocycles. The van der Waals surface area contributed by atoms with Gasteiger partial charge in [-0.2, -0.15) is 10.2 Å². The number of anilines is 1. The van der Waals surface area contributed by atoms with E-state index in [-0.39, 0.29) is 11.8 Å². The SMILES string of the molecule is C=CC(=O)Nc1cnn(C)c1-c1n[nH]c2c1CCC(c1cc(OC)cc(CC)c1Cl)C2. The van der Waals surface area contributed by atoms with E-state index in [0.717, 1.165) is 70.2 Å². The normalized spacial score (nSPS) is 15.4. The molecular formula is C23H26ClN5O2. The molecule has 0 bridgehead atoms. The van der Waals surface area contributed by atoms with E-state index < -0.39 is 0 Å². The molecule has 0 spiro atoms. The van der Waals surface area contributed by atoms with E-state index in [2.05, 4.69) is 40.2 Å². The Kier molecular flexibility index (Phi) is 5.87. The first-order chi connectivity index (χ1) is 15.0. The molecule has 2 N–H and O–H groups in total. The highest BCUT2D eigenvalue weighted by Crippen LogP contribution is 2.41. The number of amides is 1. The number of aryl methyl sites for hydroxylation is 2. The number of carbonyl (C=O) groups excluding carboxylic acids is 1. The Labute approximate surface area is 186 Å². The minimum atomic E-state index is -0.280. The van der Waals surface area contributed by atoms with E-state index in [1.807, 2.05) is 13.1 Å². The molecule has 0 radical (unpaired) electrons. The summed E-state index contributed by atoms with van der Waals surface area (Å²) in [4.78, 5) is 11.8. The molecule has 0 fully saturated rings. The minimum absolute atomic E-state index is 0.278. The van der Waals surface area contributed by atoms with Crippen LogP contribution in [0.5, 0.6) is 5.75 Å². The van der Waals surface area contributed by atoms with Crippen LogP contribution in [0.15, 0.2) is 31.0 Å². The van der Waals surface area contributed by atoms with Crippen LogP contribution in [0.3, 0.4) is 0 Å². The van der Waals surface area contributed by atoms with Crippen molar-refractivity contribution >= 4 is 23.2 Å². The number of carbonyl (C=O) groups is 1. The number of nitrogens with one attached hydrogen (secondary N) is 2. The van der Waals surface area contributed by atoms with Crippen molar-refractivity contribution < 1.29 is 9.53 Å². The molecule has 1 aliphatic carbocycles. The number of hydrogen-bond donors (Lipinski definition) is 2. The number of aromatic nitrogens is 4. The lowest BCUT2D eigenvalue weighted by molar-refractivity contribution is -0.111. The van der Waals surface area contributed by atoms with Gasteiger partial charge in [0.05, 0.1) is 19.0 Å². The molecule has 7 nitrogen and oxygen atoms in total. The maximum atomic E-state index is 11.8. The molecule has 0 saturated heterocycles. The smallest absolute Gasteiger partial charge is 0.247 e. The lowest BCUT2D eigenvalue weighted by Crippen LogP contribution is -2.14. The van der Waals surface area contributed by atoms with E-state index in [9.17, 15) is 4.79 Å². The fraction of sp³-hybridized carbons (Fsp3) is 0.348. The highest BCUT2D eigenvalue weighted by atomic mass is 35.5. The van der Waals surface area contributed by atoms with E-state index in [1.54, 1.807) is 18.0 Å². The van der Waals surface area contributed by atoms with Crippen LogP contribution >= 0.6 is 11.6 Å². The Hall–Kier alpha value is -3.06. The quantitative estimate of drug-likeness (QED) is 0.556. The Bertz CT molecular complexity index is 1150. The zero-order chi connectivity index (χ0) is 22.1. The summed E-state index contributed by atoms with van der Waals surface area (Å²) in [6.45, 7) is 5.61. The number of halogens is 1. The van der Waals surface area contributed by atoms with Gasteiger partial charge in [0, 0.05) is 23.3 Å². The van der Waals surface area contributed by atoms with Crippen LogP contribution in [0.2, 0.25) is 5.02 Å². The predicted molar refractivity (Wildman–Crippen MR) is 122 cm³/mol. The summed E-state index contributed by atoms with van der Waals surface area (Å²) in [5.41, 5.74) is 6.68. The number of methoxy groups -OCH3 is 1. The number of hydrogen-bond acceptors (Lipinski definition) is 4. The number of H-pyrrole nitrogens is 1. The van der Waals surface area contributed by atoms with Gasteiger partial charge in [-0.25, -0.2) is 0 Å². The van der Waals surface area contributed by atoms with Gasteiger partial charge in [-0.05, 0) is 60.9 Å². The largest absolute Gasteiger partial charge is 0.497 e. The highest BCUT2D eigenvalue weighted by Gasteiger charge is 2.29. The fourth-order valence-electron chi connectivity index (χ4n) is 4.31. The lowest BCUT2D eigenvalue weighted by atomic mass is 9.81. The van der Waals surface area contributed by atoms with Crippen molar-refractivity contribution in [2.24, 2.45) is 7.05 Å². The molecule has 1 unspecified atom stereocenters. The number of aromatic amines is 1. The molecular weight excluding hydrogens is 414 g/mol. The predicted octanol–water partition coefficient (Wildman–Crippen LogP) is 4.43. The van der Waals surface area contributed by atoms with E-state index in [4.69, 9.17) is 16.3 Å².